The molecule has 1 heterocycles. The van der Waals surface area contributed by atoms with Gasteiger partial charge in [0.1, 0.15) is 11.4 Å². The highest BCUT2D eigenvalue weighted by Crippen LogP contribution is 2.29. The summed E-state index contributed by atoms with van der Waals surface area (Å²) in [6, 6.07) is 0.426. The van der Waals surface area contributed by atoms with Crippen LogP contribution in [0.1, 0.15) is 33.0 Å². The second-order valence-corrected chi connectivity index (χ2v) is 6.33. The zero-order valence-electron chi connectivity index (χ0n) is 12.5. The van der Waals surface area contributed by atoms with Crippen molar-refractivity contribution in [3.63, 3.8) is 0 Å². The van der Waals surface area contributed by atoms with Gasteiger partial charge >= 0.3 is 18.2 Å². The third kappa shape index (κ3) is 5.52. The van der Waals surface area contributed by atoms with Gasteiger partial charge in [-0.25, -0.2) is 9.59 Å². The van der Waals surface area contributed by atoms with Crippen LogP contribution in [0.25, 0.3) is 0 Å². The van der Waals surface area contributed by atoms with Crippen LogP contribution in [0, 0.1) is 0 Å². The second-order valence-electron chi connectivity index (χ2n) is 5.19. The third-order valence-electron chi connectivity index (χ3n) is 3.23. The largest absolute Gasteiger partial charge is 0.451 e. The van der Waals surface area contributed by atoms with Crippen LogP contribution >= 0.6 is 11.3 Å². The van der Waals surface area contributed by atoms with E-state index in [1.165, 1.54) is 16.7 Å². The van der Waals surface area contributed by atoms with Crippen LogP contribution in [0.2, 0.25) is 0 Å². The van der Waals surface area contributed by atoms with Crippen LogP contribution in [0.4, 0.5) is 18.0 Å². The molecule has 0 bridgehead atoms. The Kier molecular flexibility index (Phi) is 5.81. The fraction of sp³-hybridized carbons (Fsp3) is 0.500. The van der Waals surface area contributed by atoms with Crippen molar-refractivity contribution in [3.8, 4) is 0 Å². The van der Waals surface area contributed by atoms with Crippen molar-refractivity contribution in [2.75, 3.05) is 13.2 Å². The third-order valence-corrected chi connectivity index (χ3v) is 4.45. The van der Waals surface area contributed by atoms with E-state index in [9.17, 15) is 27.6 Å². The molecule has 0 unspecified atom stereocenters. The SMILES string of the molecule is O=C(COC(=O)c1cc2c(s1)CCCC2)NC(=O)NCC(F)(F)F. The first-order chi connectivity index (χ1) is 11.2. The highest BCUT2D eigenvalue weighted by Gasteiger charge is 2.28. The molecule has 1 aliphatic rings. The number of imide groups is 1. The number of amides is 3. The molecule has 2 N–H and O–H groups in total. The Morgan fingerprint density at radius 2 is 1.92 bits per heavy atom. The fourth-order valence-electron chi connectivity index (χ4n) is 2.18. The summed E-state index contributed by atoms with van der Waals surface area (Å²) in [6.45, 7) is -2.31. The number of ether oxygens (including phenoxy) is 1. The minimum atomic E-state index is -4.58. The van der Waals surface area contributed by atoms with Crippen molar-refractivity contribution in [3.05, 3.63) is 21.4 Å². The highest BCUT2D eigenvalue weighted by molar-refractivity contribution is 7.14. The van der Waals surface area contributed by atoms with Gasteiger partial charge in [-0.3, -0.25) is 10.1 Å². The van der Waals surface area contributed by atoms with E-state index in [2.05, 4.69) is 0 Å². The van der Waals surface area contributed by atoms with Crippen molar-refractivity contribution >= 4 is 29.2 Å². The Labute approximate surface area is 139 Å². The molecule has 1 aliphatic carbocycles. The van der Waals surface area contributed by atoms with Crippen LogP contribution in [0.5, 0.6) is 0 Å². The van der Waals surface area contributed by atoms with E-state index in [0.29, 0.717) is 4.88 Å². The average Bonchev–Trinajstić information content (AvgIpc) is 2.94. The maximum absolute atomic E-state index is 11.9. The van der Waals surface area contributed by atoms with Crippen LogP contribution in [0.15, 0.2) is 6.07 Å². The number of hydrogen-bond acceptors (Lipinski definition) is 5. The summed E-state index contributed by atoms with van der Waals surface area (Å²) in [5, 5.41) is 3.12. The first kappa shape index (κ1) is 18.2. The smallest absolute Gasteiger partial charge is 0.405 e. The fourth-order valence-corrected chi connectivity index (χ4v) is 3.33. The first-order valence-corrected chi connectivity index (χ1v) is 7.99. The molecule has 0 aromatic carbocycles. The number of fused-ring (bicyclic) bond motifs is 1. The van der Waals surface area contributed by atoms with Gasteiger partial charge in [0, 0.05) is 4.88 Å². The molecule has 0 fully saturated rings. The molecule has 24 heavy (non-hydrogen) atoms. The monoisotopic (exact) mass is 364 g/mol. The minimum absolute atomic E-state index is 0.372. The lowest BCUT2D eigenvalue weighted by Gasteiger charge is -2.09. The van der Waals surface area contributed by atoms with Gasteiger partial charge in [-0.2, -0.15) is 13.2 Å². The number of halogens is 3. The Morgan fingerprint density at radius 3 is 2.58 bits per heavy atom. The molecular weight excluding hydrogens is 349 g/mol. The van der Waals surface area contributed by atoms with E-state index < -0.39 is 37.2 Å². The predicted octanol–water partition coefficient (Wildman–Crippen LogP) is 2.17. The van der Waals surface area contributed by atoms with Gasteiger partial charge in [-0.15, -0.1) is 11.3 Å². The van der Waals surface area contributed by atoms with Crippen LogP contribution in [0.3, 0.4) is 0 Å². The molecule has 0 saturated heterocycles. The Bertz CT molecular complexity index is 619. The van der Waals surface area contributed by atoms with E-state index in [1.54, 1.807) is 11.4 Å². The number of carbonyl (C=O) groups is 3. The molecule has 0 atom stereocenters. The van der Waals surface area contributed by atoms with Gasteiger partial charge in [0.15, 0.2) is 6.61 Å². The number of esters is 1. The lowest BCUT2D eigenvalue weighted by atomic mass is 9.99. The van der Waals surface area contributed by atoms with Crippen molar-refractivity contribution in [1.29, 1.82) is 0 Å². The summed E-state index contributed by atoms with van der Waals surface area (Å²) in [4.78, 5) is 35.8. The molecule has 3 amide bonds. The molecule has 6 nitrogen and oxygen atoms in total. The van der Waals surface area contributed by atoms with Gasteiger partial charge in [0.05, 0.1) is 0 Å². The number of urea groups is 1. The normalized spacial score (nSPS) is 13.8. The minimum Gasteiger partial charge on any atom is -0.451 e. The summed E-state index contributed by atoms with van der Waals surface area (Å²) < 4.78 is 40.5. The number of alkyl halides is 3. The van der Waals surface area contributed by atoms with E-state index >= 15 is 0 Å². The summed E-state index contributed by atoms with van der Waals surface area (Å²) in [7, 11) is 0. The molecule has 0 spiro atoms. The van der Waals surface area contributed by atoms with Gasteiger partial charge < -0.3 is 10.1 Å². The van der Waals surface area contributed by atoms with Crippen molar-refractivity contribution in [2.45, 2.75) is 31.9 Å². The second kappa shape index (κ2) is 7.65. The zero-order chi connectivity index (χ0) is 17.7. The lowest BCUT2D eigenvalue weighted by molar-refractivity contribution is -0.125. The van der Waals surface area contributed by atoms with Crippen LogP contribution in [-0.2, 0) is 22.4 Å². The number of rotatable bonds is 4. The quantitative estimate of drug-likeness (QED) is 0.802. The standard InChI is InChI=1S/C14H15F3N2O4S/c15-14(16,17)7-18-13(22)19-11(20)6-23-12(21)10-5-8-3-1-2-4-9(8)24-10/h5H,1-4,6-7H2,(H2,18,19,20,22). The molecule has 1 aromatic rings. The van der Waals surface area contributed by atoms with Crippen molar-refractivity contribution < 1.29 is 32.3 Å². The summed E-state index contributed by atoms with van der Waals surface area (Å²) in [5.41, 5.74) is 1.11. The number of nitrogens with one attached hydrogen (secondary N) is 2. The Morgan fingerprint density at radius 1 is 1.21 bits per heavy atom. The maximum atomic E-state index is 11.9. The molecule has 1 aromatic heterocycles. The number of aryl methyl sites for hydroxylation is 2. The Balaban J connectivity index is 1.76. The van der Waals surface area contributed by atoms with Crippen LogP contribution < -0.4 is 10.6 Å². The molecule has 2 rings (SSSR count). The lowest BCUT2D eigenvalue weighted by Crippen LogP contribution is -2.44. The first-order valence-electron chi connectivity index (χ1n) is 7.18. The maximum Gasteiger partial charge on any atom is 0.405 e. The van der Waals surface area contributed by atoms with Gasteiger partial charge in [0.25, 0.3) is 5.91 Å². The number of carbonyl (C=O) groups excluding carboxylic acids is 3. The summed E-state index contributed by atoms with van der Waals surface area (Å²) in [6.07, 6.45) is -0.637. The topological polar surface area (TPSA) is 84.5 Å². The van der Waals surface area contributed by atoms with E-state index in [-0.39, 0.29) is 0 Å². The molecular formula is C14H15F3N2O4S. The van der Waals surface area contributed by atoms with E-state index in [1.807, 2.05) is 0 Å². The van der Waals surface area contributed by atoms with Gasteiger partial charge in [-0.1, -0.05) is 0 Å². The predicted molar refractivity (Wildman–Crippen MR) is 78.8 cm³/mol. The molecule has 132 valence electrons. The van der Waals surface area contributed by atoms with Crippen molar-refractivity contribution in [1.82, 2.24) is 10.6 Å². The number of hydrogen-bond donors (Lipinski definition) is 2. The molecule has 0 radical (unpaired) electrons. The zero-order valence-corrected chi connectivity index (χ0v) is 13.3. The summed E-state index contributed by atoms with van der Waals surface area (Å²) >= 11 is 1.31. The van der Waals surface area contributed by atoms with Gasteiger partial charge in [-0.05, 0) is 37.3 Å². The van der Waals surface area contributed by atoms with Crippen molar-refractivity contribution in [2.24, 2.45) is 0 Å². The van der Waals surface area contributed by atoms with Crippen LogP contribution in [-0.4, -0.2) is 37.2 Å². The summed E-state index contributed by atoms with van der Waals surface area (Å²) in [5.74, 6) is -1.70. The molecule has 0 aliphatic heterocycles. The van der Waals surface area contributed by atoms with E-state index in [4.69, 9.17) is 4.74 Å². The van der Waals surface area contributed by atoms with Gasteiger partial charge in [0.2, 0.25) is 0 Å². The molecule has 0 saturated carbocycles. The van der Waals surface area contributed by atoms with E-state index in [0.717, 1.165) is 36.1 Å². The Hall–Kier alpha value is -2.10. The molecule has 10 heteroatoms. The highest BCUT2D eigenvalue weighted by atomic mass is 32.1. The number of thiophene rings is 1. The average molecular weight is 364 g/mol.